The van der Waals surface area contributed by atoms with Crippen molar-refractivity contribution in [3.63, 3.8) is 0 Å². The maximum atomic E-state index is 12.9. The van der Waals surface area contributed by atoms with Crippen molar-refractivity contribution in [2.24, 2.45) is 0 Å². The third-order valence-corrected chi connectivity index (χ3v) is 4.10. The Balaban J connectivity index is 1.94. The second-order valence-electron chi connectivity index (χ2n) is 6.05. The summed E-state index contributed by atoms with van der Waals surface area (Å²) < 4.78 is 0. The number of fused-ring (bicyclic) bond motifs is 1. The molecule has 23 heavy (non-hydrogen) atoms. The van der Waals surface area contributed by atoms with Crippen LogP contribution in [0.4, 0.5) is 11.4 Å². The zero-order valence-electron chi connectivity index (χ0n) is 13.4. The van der Waals surface area contributed by atoms with Crippen LogP contribution in [0.15, 0.2) is 48.5 Å². The van der Waals surface area contributed by atoms with E-state index in [2.05, 4.69) is 19.2 Å². The molecule has 1 N–H and O–H groups in total. The number of anilines is 2. The third kappa shape index (κ3) is 3.11. The van der Waals surface area contributed by atoms with Gasteiger partial charge >= 0.3 is 0 Å². The molecule has 118 valence electrons. The van der Waals surface area contributed by atoms with Gasteiger partial charge in [-0.25, -0.2) is 0 Å². The molecule has 0 unspecified atom stereocenters. The summed E-state index contributed by atoms with van der Waals surface area (Å²) in [6.07, 6.45) is 0.296. The SMILES string of the molecule is CC(C)c1ccc(C(=O)N2CCC(=O)Nc3ccccc32)cc1. The number of carbonyl (C=O) groups excluding carboxylic acids is 2. The van der Waals surface area contributed by atoms with Crippen LogP contribution in [0.25, 0.3) is 0 Å². The molecular weight excluding hydrogens is 288 g/mol. The van der Waals surface area contributed by atoms with Crippen molar-refractivity contribution in [2.45, 2.75) is 26.2 Å². The van der Waals surface area contributed by atoms with E-state index in [4.69, 9.17) is 0 Å². The van der Waals surface area contributed by atoms with Crippen molar-refractivity contribution < 1.29 is 9.59 Å². The van der Waals surface area contributed by atoms with Gasteiger partial charge in [-0.2, -0.15) is 0 Å². The minimum Gasteiger partial charge on any atom is -0.324 e. The Bertz CT molecular complexity index is 735. The van der Waals surface area contributed by atoms with E-state index in [9.17, 15) is 9.59 Å². The lowest BCUT2D eigenvalue weighted by Crippen LogP contribution is -2.31. The van der Waals surface area contributed by atoms with Gasteiger partial charge in [-0.3, -0.25) is 9.59 Å². The Kier molecular flexibility index (Phi) is 4.15. The van der Waals surface area contributed by atoms with E-state index in [1.54, 1.807) is 4.90 Å². The number of amides is 2. The smallest absolute Gasteiger partial charge is 0.258 e. The quantitative estimate of drug-likeness (QED) is 0.917. The van der Waals surface area contributed by atoms with Gasteiger partial charge in [0.05, 0.1) is 11.4 Å². The van der Waals surface area contributed by atoms with Crippen LogP contribution < -0.4 is 10.2 Å². The first-order valence-electron chi connectivity index (χ1n) is 7.87. The molecule has 0 atom stereocenters. The van der Waals surface area contributed by atoms with Gasteiger partial charge < -0.3 is 10.2 Å². The van der Waals surface area contributed by atoms with Crippen molar-refractivity contribution in [1.82, 2.24) is 0 Å². The third-order valence-electron chi connectivity index (χ3n) is 4.10. The highest BCUT2D eigenvalue weighted by atomic mass is 16.2. The minimum absolute atomic E-state index is 0.0668. The molecule has 4 heteroatoms. The summed E-state index contributed by atoms with van der Waals surface area (Å²) in [7, 11) is 0. The van der Waals surface area contributed by atoms with E-state index in [-0.39, 0.29) is 11.8 Å². The number of benzene rings is 2. The van der Waals surface area contributed by atoms with Crippen molar-refractivity contribution in [2.75, 3.05) is 16.8 Å². The first kappa shape index (κ1) is 15.3. The van der Waals surface area contributed by atoms with Crippen LogP contribution in [0, 0.1) is 0 Å². The number of nitrogens with one attached hydrogen (secondary N) is 1. The average Bonchev–Trinajstić information content (AvgIpc) is 2.72. The lowest BCUT2D eigenvalue weighted by atomic mass is 10.0. The molecule has 1 heterocycles. The topological polar surface area (TPSA) is 49.4 Å². The highest BCUT2D eigenvalue weighted by molar-refractivity contribution is 6.10. The maximum Gasteiger partial charge on any atom is 0.258 e. The maximum absolute atomic E-state index is 12.9. The van der Waals surface area contributed by atoms with Gasteiger partial charge in [-0.15, -0.1) is 0 Å². The van der Waals surface area contributed by atoms with E-state index >= 15 is 0 Å². The zero-order valence-corrected chi connectivity index (χ0v) is 13.4. The molecule has 0 aromatic heterocycles. The highest BCUT2D eigenvalue weighted by Gasteiger charge is 2.24. The van der Waals surface area contributed by atoms with Crippen LogP contribution in [0.2, 0.25) is 0 Å². The molecule has 3 rings (SSSR count). The minimum atomic E-state index is -0.0794. The van der Waals surface area contributed by atoms with Crippen molar-refractivity contribution in [1.29, 1.82) is 0 Å². The van der Waals surface area contributed by atoms with Crippen molar-refractivity contribution in [3.05, 3.63) is 59.7 Å². The molecule has 0 fully saturated rings. The fourth-order valence-electron chi connectivity index (χ4n) is 2.74. The standard InChI is InChI=1S/C19H20N2O2/c1-13(2)14-7-9-15(10-8-14)19(23)21-12-11-18(22)20-16-5-3-4-6-17(16)21/h3-10,13H,11-12H2,1-2H3,(H,20,22). The average molecular weight is 308 g/mol. The number of carbonyl (C=O) groups is 2. The van der Waals surface area contributed by atoms with Gasteiger partial charge in [0.1, 0.15) is 0 Å². The van der Waals surface area contributed by atoms with E-state index in [1.165, 1.54) is 5.56 Å². The Morgan fingerprint density at radius 3 is 2.48 bits per heavy atom. The van der Waals surface area contributed by atoms with Gasteiger partial charge in [0.15, 0.2) is 0 Å². The molecule has 0 aliphatic carbocycles. The number of nitrogens with zero attached hydrogens (tertiary/aromatic N) is 1. The van der Waals surface area contributed by atoms with E-state index in [0.29, 0.717) is 30.1 Å². The second-order valence-corrected chi connectivity index (χ2v) is 6.05. The van der Waals surface area contributed by atoms with Gasteiger partial charge in [0, 0.05) is 18.5 Å². The molecule has 2 aromatic rings. The molecule has 0 bridgehead atoms. The zero-order chi connectivity index (χ0) is 16.4. The molecular formula is C19H20N2O2. The molecule has 1 aliphatic heterocycles. The molecule has 4 nitrogen and oxygen atoms in total. The fraction of sp³-hybridized carbons (Fsp3) is 0.263. The van der Waals surface area contributed by atoms with E-state index in [1.807, 2.05) is 48.5 Å². The number of para-hydroxylation sites is 2. The number of rotatable bonds is 2. The van der Waals surface area contributed by atoms with E-state index in [0.717, 1.165) is 5.69 Å². The number of hydrogen-bond acceptors (Lipinski definition) is 2. The van der Waals surface area contributed by atoms with Gasteiger partial charge in [-0.1, -0.05) is 38.1 Å². The van der Waals surface area contributed by atoms with Crippen molar-refractivity contribution in [3.8, 4) is 0 Å². The van der Waals surface area contributed by atoms with Crippen LogP contribution >= 0.6 is 0 Å². The lowest BCUT2D eigenvalue weighted by molar-refractivity contribution is -0.115. The normalized spacial score (nSPS) is 14.2. The Morgan fingerprint density at radius 1 is 1.09 bits per heavy atom. The Hall–Kier alpha value is -2.62. The molecule has 2 aromatic carbocycles. The molecule has 0 spiro atoms. The summed E-state index contributed by atoms with van der Waals surface area (Å²) in [6.45, 7) is 4.63. The summed E-state index contributed by atoms with van der Waals surface area (Å²) in [5, 5.41) is 2.85. The summed E-state index contributed by atoms with van der Waals surface area (Å²) in [5.41, 5.74) is 3.27. The number of hydrogen-bond donors (Lipinski definition) is 1. The van der Waals surface area contributed by atoms with Crippen LogP contribution in [0.1, 0.15) is 42.1 Å². The van der Waals surface area contributed by atoms with Crippen LogP contribution in [0.3, 0.4) is 0 Å². The van der Waals surface area contributed by atoms with Gasteiger partial charge in [-0.05, 0) is 35.7 Å². The monoisotopic (exact) mass is 308 g/mol. The second kappa shape index (κ2) is 6.24. The summed E-state index contributed by atoms with van der Waals surface area (Å²) in [5.74, 6) is 0.284. The largest absolute Gasteiger partial charge is 0.324 e. The highest BCUT2D eigenvalue weighted by Crippen LogP contribution is 2.29. The molecule has 0 saturated carbocycles. The van der Waals surface area contributed by atoms with Crippen molar-refractivity contribution >= 4 is 23.2 Å². The summed E-state index contributed by atoms with van der Waals surface area (Å²) in [6, 6.07) is 15.1. The van der Waals surface area contributed by atoms with Gasteiger partial charge in [0.25, 0.3) is 5.91 Å². The Labute approximate surface area is 136 Å². The predicted octanol–water partition coefficient (Wildman–Crippen LogP) is 3.80. The fourth-order valence-corrected chi connectivity index (χ4v) is 2.74. The predicted molar refractivity (Wildman–Crippen MR) is 91.9 cm³/mol. The Morgan fingerprint density at radius 2 is 1.78 bits per heavy atom. The summed E-state index contributed by atoms with van der Waals surface area (Å²) in [4.78, 5) is 26.4. The van der Waals surface area contributed by atoms with Crippen LogP contribution in [0.5, 0.6) is 0 Å². The van der Waals surface area contributed by atoms with Gasteiger partial charge in [0.2, 0.25) is 5.91 Å². The molecule has 2 amide bonds. The van der Waals surface area contributed by atoms with Crippen LogP contribution in [-0.2, 0) is 4.79 Å². The lowest BCUT2D eigenvalue weighted by Gasteiger charge is -2.22. The molecule has 0 saturated heterocycles. The first-order valence-corrected chi connectivity index (χ1v) is 7.87. The van der Waals surface area contributed by atoms with E-state index < -0.39 is 0 Å². The summed E-state index contributed by atoms with van der Waals surface area (Å²) >= 11 is 0. The first-order chi connectivity index (χ1) is 11.1. The van der Waals surface area contributed by atoms with Crippen LogP contribution in [-0.4, -0.2) is 18.4 Å². The molecule has 1 aliphatic rings. The molecule has 0 radical (unpaired) electrons.